The highest BCUT2D eigenvalue weighted by Crippen LogP contribution is 2.24. The van der Waals surface area contributed by atoms with Crippen LogP contribution in [0.25, 0.3) is 0 Å². The van der Waals surface area contributed by atoms with Crippen LogP contribution in [0.2, 0.25) is 0 Å². The van der Waals surface area contributed by atoms with E-state index in [0.717, 1.165) is 25.2 Å². The summed E-state index contributed by atoms with van der Waals surface area (Å²) in [6, 6.07) is 0.487. The molecule has 1 aliphatic carbocycles. The number of carbonyl (C=O) groups is 1. The monoisotopic (exact) mass is 317 g/mol. The molecule has 1 amide bonds. The highest BCUT2D eigenvalue weighted by molar-refractivity contribution is 5.79. The van der Waals surface area contributed by atoms with Crippen molar-refractivity contribution in [2.45, 2.75) is 44.7 Å². The molecule has 0 bridgehead atoms. The van der Waals surface area contributed by atoms with Crippen LogP contribution in [0.3, 0.4) is 0 Å². The summed E-state index contributed by atoms with van der Waals surface area (Å²) >= 11 is 0. The number of piperazine rings is 1. The molecule has 23 heavy (non-hydrogen) atoms. The fourth-order valence-corrected chi connectivity index (χ4v) is 3.57. The number of carbonyl (C=O) groups excluding carboxylic acids is 1. The van der Waals surface area contributed by atoms with Gasteiger partial charge in [0.05, 0.1) is 6.54 Å². The first-order valence-corrected chi connectivity index (χ1v) is 8.63. The minimum absolute atomic E-state index is 0.286. The minimum atomic E-state index is 0.286. The highest BCUT2D eigenvalue weighted by atomic mass is 16.2. The van der Waals surface area contributed by atoms with E-state index in [4.69, 9.17) is 0 Å². The Hall–Kier alpha value is -1.69. The van der Waals surface area contributed by atoms with Crippen molar-refractivity contribution in [1.29, 1.82) is 0 Å². The average molecular weight is 317 g/mol. The Kier molecular flexibility index (Phi) is 5.10. The second kappa shape index (κ2) is 7.25. The van der Waals surface area contributed by atoms with Gasteiger partial charge in [0.15, 0.2) is 0 Å². The molecular weight excluding hydrogens is 290 g/mol. The second-order valence-electron chi connectivity index (χ2n) is 6.88. The molecule has 0 radical (unpaired) electrons. The molecule has 2 aliphatic rings. The van der Waals surface area contributed by atoms with E-state index >= 15 is 0 Å². The lowest BCUT2D eigenvalue weighted by Crippen LogP contribution is -2.54. The van der Waals surface area contributed by atoms with E-state index in [2.05, 4.69) is 19.8 Å². The summed E-state index contributed by atoms with van der Waals surface area (Å²) in [6.45, 7) is 3.07. The number of amides is 1. The molecule has 0 spiro atoms. The van der Waals surface area contributed by atoms with Gasteiger partial charge in [-0.15, -0.1) is 0 Å². The van der Waals surface area contributed by atoms with Gasteiger partial charge in [0.1, 0.15) is 0 Å². The Balaban J connectivity index is 1.54. The van der Waals surface area contributed by atoms with E-state index in [-0.39, 0.29) is 5.91 Å². The van der Waals surface area contributed by atoms with Crippen LogP contribution >= 0.6 is 0 Å². The van der Waals surface area contributed by atoms with E-state index in [1.165, 1.54) is 32.1 Å². The second-order valence-corrected chi connectivity index (χ2v) is 6.88. The van der Waals surface area contributed by atoms with E-state index in [1.807, 2.05) is 31.4 Å². The van der Waals surface area contributed by atoms with Crippen LogP contribution in [-0.4, -0.2) is 65.4 Å². The summed E-state index contributed by atoms with van der Waals surface area (Å²) in [5.41, 5.74) is 1.06. The Bertz CT molecular complexity index is 524. The Morgan fingerprint density at radius 2 is 1.83 bits per heavy atom. The summed E-state index contributed by atoms with van der Waals surface area (Å²) in [5.74, 6) is 1.00. The number of rotatable bonds is 4. The fraction of sp³-hybridized carbons (Fsp3) is 0.706. The van der Waals surface area contributed by atoms with Gasteiger partial charge in [0.2, 0.25) is 11.9 Å². The van der Waals surface area contributed by atoms with Crippen molar-refractivity contribution in [3.8, 4) is 0 Å². The highest BCUT2D eigenvalue weighted by Gasteiger charge is 2.30. The zero-order valence-electron chi connectivity index (χ0n) is 14.2. The maximum Gasteiger partial charge on any atom is 0.237 e. The molecular formula is C17H27N5O. The third-order valence-electron chi connectivity index (χ3n) is 4.85. The first kappa shape index (κ1) is 16.2. The van der Waals surface area contributed by atoms with Gasteiger partial charge in [-0.05, 0) is 12.8 Å². The molecule has 0 atom stereocenters. The van der Waals surface area contributed by atoms with Crippen LogP contribution in [0.1, 0.15) is 37.7 Å². The van der Waals surface area contributed by atoms with E-state index in [9.17, 15) is 4.79 Å². The Morgan fingerprint density at radius 3 is 2.43 bits per heavy atom. The van der Waals surface area contributed by atoms with Crippen molar-refractivity contribution in [1.82, 2.24) is 19.8 Å². The lowest BCUT2D eigenvalue weighted by molar-refractivity contribution is -0.139. The lowest BCUT2D eigenvalue weighted by atomic mass is 9.93. The molecule has 2 fully saturated rings. The Morgan fingerprint density at radius 1 is 1.13 bits per heavy atom. The number of anilines is 1. The summed E-state index contributed by atoms with van der Waals surface area (Å²) in [6.07, 6.45) is 9.97. The minimum Gasteiger partial charge on any atom is -0.347 e. The van der Waals surface area contributed by atoms with Crippen molar-refractivity contribution in [3.05, 3.63) is 18.0 Å². The summed E-state index contributed by atoms with van der Waals surface area (Å²) in [5, 5.41) is 0. The maximum absolute atomic E-state index is 12.5. The van der Waals surface area contributed by atoms with Crippen molar-refractivity contribution >= 4 is 11.9 Å². The summed E-state index contributed by atoms with van der Waals surface area (Å²) in [7, 11) is 3.86. The Labute approximate surface area is 138 Å². The molecule has 1 aromatic heterocycles. The summed E-state index contributed by atoms with van der Waals surface area (Å²) in [4.78, 5) is 27.4. The smallest absolute Gasteiger partial charge is 0.237 e. The maximum atomic E-state index is 12.5. The molecule has 3 rings (SSSR count). The zero-order chi connectivity index (χ0) is 16.2. The molecule has 1 aliphatic heterocycles. The first-order chi connectivity index (χ1) is 11.1. The van der Waals surface area contributed by atoms with Gasteiger partial charge in [-0.3, -0.25) is 9.69 Å². The van der Waals surface area contributed by atoms with Crippen LogP contribution in [0, 0.1) is 0 Å². The predicted octanol–water partition coefficient (Wildman–Crippen LogP) is 1.52. The molecule has 126 valence electrons. The van der Waals surface area contributed by atoms with Gasteiger partial charge in [-0.2, -0.15) is 0 Å². The molecule has 0 aromatic carbocycles. The normalized spacial score (nSPS) is 20.8. The van der Waals surface area contributed by atoms with E-state index < -0.39 is 0 Å². The van der Waals surface area contributed by atoms with Gasteiger partial charge in [0, 0.05) is 57.7 Å². The molecule has 1 saturated heterocycles. The third kappa shape index (κ3) is 3.99. The van der Waals surface area contributed by atoms with Crippen molar-refractivity contribution in [2.24, 2.45) is 0 Å². The SMILES string of the molecule is CN(C)c1ncc(CN2CCN(C3CCCCC3)C(=O)C2)cn1. The number of hydrogen-bond donors (Lipinski definition) is 0. The lowest BCUT2D eigenvalue weighted by Gasteiger charge is -2.40. The van der Waals surface area contributed by atoms with Crippen LogP contribution in [0.15, 0.2) is 12.4 Å². The van der Waals surface area contributed by atoms with E-state index in [1.54, 1.807) is 0 Å². The predicted molar refractivity (Wildman–Crippen MR) is 90.2 cm³/mol. The van der Waals surface area contributed by atoms with Gasteiger partial charge >= 0.3 is 0 Å². The fourth-order valence-electron chi connectivity index (χ4n) is 3.57. The van der Waals surface area contributed by atoms with Crippen LogP contribution in [0.5, 0.6) is 0 Å². The van der Waals surface area contributed by atoms with Crippen molar-refractivity contribution in [2.75, 3.05) is 38.6 Å². The van der Waals surface area contributed by atoms with Gasteiger partial charge < -0.3 is 9.80 Å². The number of aromatic nitrogens is 2. The largest absolute Gasteiger partial charge is 0.347 e. The number of hydrogen-bond acceptors (Lipinski definition) is 5. The number of nitrogens with zero attached hydrogens (tertiary/aromatic N) is 5. The molecule has 1 saturated carbocycles. The van der Waals surface area contributed by atoms with E-state index in [0.29, 0.717) is 18.5 Å². The molecule has 0 unspecified atom stereocenters. The topological polar surface area (TPSA) is 52.6 Å². The van der Waals surface area contributed by atoms with Gasteiger partial charge in [-0.25, -0.2) is 9.97 Å². The standard InChI is InChI=1S/C17H27N5O/c1-20(2)17-18-10-14(11-19-17)12-21-8-9-22(16(23)13-21)15-6-4-3-5-7-15/h10-11,15H,3-9,12-13H2,1-2H3. The van der Waals surface area contributed by atoms with Crippen LogP contribution < -0.4 is 4.90 Å². The van der Waals surface area contributed by atoms with Gasteiger partial charge in [-0.1, -0.05) is 19.3 Å². The molecule has 6 heteroatoms. The van der Waals surface area contributed by atoms with Crippen molar-refractivity contribution < 1.29 is 4.79 Å². The molecule has 1 aromatic rings. The average Bonchev–Trinajstić information content (AvgIpc) is 2.56. The first-order valence-electron chi connectivity index (χ1n) is 8.63. The van der Waals surface area contributed by atoms with Gasteiger partial charge in [0.25, 0.3) is 0 Å². The molecule has 6 nitrogen and oxygen atoms in total. The van der Waals surface area contributed by atoms with Crippen LogP contribution in [0.4, 0.5) is 5.95 Å². The molecule has 0 N–H and O–H groups in total. The molecule has 2 heterocycles. The third-order valence-corrected chi connectivity index (χ3v) is 4.85. The van der Waals surface area contributed by atoms with Crippen molar-refractivity contribution in [3.63, 3.8) is 0 Å². The van der Waals surface area contributed by atoms with Crippen LogP contribution in [-0.2, 0) is 11.3 Å². The zero-order valence-corrected chi connectivity index (χ0v) is 14.2. The quantitative estimate of drug-likeness (QED) is 0.843. The summed E-state index contributed by atoms with van der Waals surface area (Å²) < 4.78 is 0.